The van der Waals surface area contributed by atoms with Crippen molar-refractivity contribution in [2.75, 3.05) is 31.1 Å². The predicted octanol–water partition coefficient (Wildman–Crippen LogP) is 2.35. The van der Waals surface area contributed by atoms with E-state index in [4.69, 9.17) is 4.42 Å². The fraction of sp³-hybridized carbons (Fsp3) is 0.294. The van der Waals surface area contributed by atoms with E-state index in [2.05, 4.69) is 9.88 Å². The number of carbonyl (C=O) groups excluding carboxylic acids is 1. The van der Waals surface area contributed by atoms with Crippen LogP contribution in [0.4, 0.5) is 5.82 Å². The third kappa shape index (κ3) is 3.36. The van der Waals surface area contributed by atoms with E-state index in [1.54, 1.807) is 18.3 Å². The van der Waals surface area contributed by atoms with E-state index in [9.17, 15) is 4.79 Å². The first-order valence-corrected chi connectivity index (χ1v) is 7.42. The summed E-state index contributed by atoms with van der Waals surface area (Å²) in [5.41, 5.74) is 0. The summed E-state index contributed by atoms with van der Waals surface area (Å²) in [6.45, 7) is 4.90. The molecule has 0 unspecified atom stereocenters. The Morgan fingerprint density at radius 3 is 2.64 bits per heavy atom. The number of furan rings is 1. The second-order valence-corrected chi connectivity index (χ2v) is 5.28. The standard InChI is InChI=1S/C17H19N3O2/c1-14-5-6-15(22-14)7-8-17(21)20-12-10-19(11-13-20)16-4-2-3-9-18-16/h2-9H,10-13H2,1H3/b8-7+. The molecule has 2 aromatic rings. The Kier molecular flexibility index (Phi) is 4.23. The molecule has 3 heterocycles. The molecule has 22 heavy (non-hydrogen) atoms. The molecule has 0 atom stereocenters. The lowest BCUT2D eigenvalue weighted by molar-refractivity contribution is -0.126. The molecule has 1 amide bonds. The van der Waals surface area contributed by atoms with Crippen LogP contribution in [0.3, 0.4) is 0 Å². The lowest BCUT2D eigenvalue weighted by Crippen LogP contribution is -2.48. The van der Waals surface area contributed by atoms with Crippen LogP contribution in [-0.2, 0) is 4.79 Å². The average Bonchev–Trinajstić information content (AvgIpc) is 2.99. The number of aryl methyl sites for hydroxylation is 1. The summed E-state index contributed by atoms with van der Waals surface area (Å²) < 4.78 is 5.42. The molecule has 2 aromatic heterocycles. The summed E-state index contributed by atoms with van der Waals surface area (Å²) in [4.78, 5) is 20.6. The molecule has 1 saturated heterocycles. The van der Waals surface area contributed by atoms with Crippen molar-refractivity contribution in [1.82, 2.24) is 9.88 Å². The van der Waals surface area contributed by atoms with Crippen LogP contribution in [-0.4, -0.2) is 42.0 Å². The van der Waals surface area contributed by atoms with Gasteiger partial charge in [0.1, 0.15) is 17.3 Å². The number of pyridine rings is 1. The molecule has 5 heteroatoms. The van der Waals surface area contributed by atoms with Crippen molar-refractivity contribution in [3.63, 3.8) is 0 Å². The van der Waals surface area contributed by atoms with E-state index in [-0.39, 0.29) is 5.91 Å². The van der Waals surface area contributed by atoms with E-state index in [1.807, 2.05) is 42.2 Å². The zero-order valence-corrected chi connectivity index (χ0v) is 12.6. The van der Waals surface area contributed by atoms with Crippen LogP contribution in [0.2, 0.25) is 0 Å². The minimum absolute atomic E-state index is 0.0229. The molecule has 0 aromatic carbocycles. The van der Waals surface area contributed by atoms with Gasteiger partial charge < -0.3 is 14.2 Å². The van der Waals surface area contributed by atoms with Gasteiger partial charge in [-0.25, -0.2) is 4.98 Å². The van der Waals surface area contributed by atoms with E-state index >= 15 is 0 Å². The van der Waals surface area contributed by atoms with Gasteiger partial charge in [0, 0.05) is 38.5 Å². The largest absolute Gasteiger partial charge is 0.462 e. The summed E-state index contributed by atoms with van der Waals surface area (Å²) in [5.74, 6) is 2.54. The number of rotatable bonds is 3. The maximum atomic E-state index is 12.2. The number of carbonyl (C=O) groups is 1. The van der Waals surface area contributed by atoms with E-state index < -0.39 is 0 Å². The molecule has 0 radical (unpaired) electrons. The van der Waals surface area contributed by atoms with Gasteiger partial charge in [0.15, 0.2) is 0 Å². The van der Waals surface area contributed by atoms with Crippen molar-refractivity contribution in [3.8, 4) is 0 Å². The Labute approximate surface area is 129 Å². The van der Waals surface area contributed by atoms with Crippen LogP contribution in [0.25, 0.3) is 6.08 Å². The second kappa shape index (κ2) is 6.47. The monoisotopic (exact) mass is 297 g/mol. The predicted molar refractivity (Wildman–Crippen MR) is 85.5 cm³/mol. The van der Waals surface area contributed by atoms with Gasteiger partial charge in [0.2, 0.25) is 5.91 Å². The maximum absolute atomic E-state index is 12.2. The van der Waals surface area contributed by atoms with Gasteiger partial charge >= 0.3 is 0 Å². The number of piperazine rings is 1. The van der Waals surface area contributed by atoms with Crippen molar-refractivity contribution in [2.24, 2.45) is 0 Å². The summed E-state index contributed by atoms with van der Waals surface area (Å²) in [6.07, 6.45) is 5.09. The summed E-state index contributed by atoms with van der Waals surface area (Å²) in [5, 5.41) is 0. The van der Waals surface area contributed by atoms with Gasteiger partial charge in [0.25, 0.3) is 0 Å². The first-order valence-electron chi connectivity index (χ1n) is 7.42. The lowest BCUT2D eigenvalue weighted by Gasteiger charge is -2.34. The fourth-order valence-electron chi connectivity index (χ4n) is 2.50. The number of hydrogen-bond acceptors (Lipinski definition) is 4. The molecule has 3 rings (SSSR count). The molecule has 0 aliphatic carbocycles. The molecule has 0 saturated carbocycles. The number of nitrogens with zero attached hydrogens (tertiary/aromatic N) is 3. The van der Waals surface area contributed by atoms with Crippen LogP contribution in [0.5, 0.6) is 0 Å². The highest BCUT2D eigenvalue weighted by atomic mass is 16.3. The van der Waals surface area contributed by atoms with Crippen LogP contribution in [0, 0.1) is 6.92 Å². The van der Waals surface area contributed by atoms with Crippen LogP contribution in [0.15, 0.2) is 47.0 Å². The zero-order valence-electron chi connectivity index (χ0n) is 12.6. The normalized spacial score (nSPS) is 15.5. The topological polar surface area (TPSA) is 49.6 Å². The molecular weight excluding hydrogens is 278 g/mol. The Morgan fingerprint density at radius 2 is 2.00 bits per heavy atom. The Balaban J connectivity index is 1.55. The minimum Gasteiger partial charge on any atom is -0.462 e. The molecule has 0 bridgehead atoms. The Bertz CT molecular complexity index is 656. The van der Waals surface area contributed by atoms with E-state index in [0.29, 0.717) is 18.8 Å². The van der Waals surface area contributed by atoms with Crippen molar-refractivity contribution in [2.45, 2.75) is 6.92 Å². The molecule has 1 aliphatic rings. The summed E-state index contributed by atoms with van der Waals surface area (Å²) in [6, 6.07) is 9.63. The van der Waals surface area contributed by atoms with Crippen molar-refractivity contribution in [1.29, 1.82) is 0 Å². The maximum Gasteiger partial charge on any atom is 0.246 e. The van der Waals surface area contributed by atoms with Gasteiger partial charge in [-0.3, -0.25) is 4.79 Å². The second-order valence-electron chi connectivity index (χ2n) is 5.28. The smallest absolute Gasteiger partial charge is 0.246 e. The number of anilines is 1. The molecule has 5 nitrogen and oxygen atoms in total. The first kappa shape index (κ1) is 14.4. The minimum atomic E-state index is 0.0229. The molecule has 1 aliphatic heterocycles. The van der Waals surface area contributed by atoms with Crippen molar-refractivity contribution >= 4 is 17.8 Å². The van der Waals surface area contributed by atoms with Gasteiger partial charge in [0.05, 0.1) is 0 Å². The number of hydrogen-bond donors (Lipinski definition) is 0. The summed E-state index contributed by atoms with van der Waals surface area (Å²) >= 11 is 0. The van der Waals surface area contributed by atoms with Crippen molar-refractivity contribution < 1.29 is 9.21 Å². The van der Waals surface area contributed by atoms with Gasteiger partial charge in [-0.15, -0.1) is 0 Å². The molecule has 114 valence electrons. The zero-order chi connectivity index (χ0) is 15.4. The molecule has 1 fully saturated rings. The van der Waals surface area contributed by atoms with E-state index in [1.165, 1.54) is 0 Å². The quantitative estimate of drug-likeness (QED) is 0.816. The number of amides is 1. The van der Waals surface area contributed by atoms with Crippen LogP contribution >= 0.6 is 0 Å². The summed E-state index contributed by atoms with van der Waals surface area (Å²) in [7, 11) is 0. The third-order valence-corrected chi connectivity index (χ3v) is 3.72. The van der Waals surface area contributed by atoms with Crippen molar-refractivity contribution in [3.05, 3.63) is 54.1 Å². The fourth-order valence-corrected chi connectivity index (χ4v) is 2.50. The molecular formula is C17H19N3O2. The molecule has 0 N–H and O–H groups in total. The Hall–Kier alpha value is -2.56. The average molecular weight is 297 g/mol. The van der Waals surface area contributed by atoms with Crippen LogP contribution in [0.1, 0.15) is 11.5 Å². The molecule has 0 spiro atoms. The SMILES string of the molecule is Cc1ccc(/C=C/C(=O)N2CCN(c3ccccn3)CC2)o1. The van der Waals surface area contributed by atoms with Crippen LogP contribution < -0.4 is 4.90 Å². The van der Waals surface area contributed by atoms with Gasteiger partial charge in [-0.2, -0.15) is 0 Å². The number of aromatic nitrogens is 1. The van der Waals surface area contributed by atoms with E-state index in [0.717, 1.165) is 24.7 Å². The Morgan fingerprint density at radius 1 is 1.18 bits per heavy atom. The van der Waals surface area contributed by atoms with Gasteiger partial charge in [-0.05, 0) is 37.3 Å². The highest BCUT2D eigenvalue weighted by Gasteiger charge is 2.20. The third-order valence-electron chi connectivity index (χ3n) is 3.72. The van der Waals surface area contributed by atoms with Gasteiger partial charge in [-0.1, -0.05) is 6.07 Å². The highest BCUT2D eigenvalue weighted by Crippen LogP contribution is 2.13. The lowest BCUT2D eigenvalue weighted by atomic mass is 10.3. The highest BCUT2D eigenvalue weighted by molar-refractivity contribution is 5.91. The first-order chi connectivity index (χ1) is 10.7.